The highest BCUT2D eigenvalue weighted by atomic mass is 31.2. The zero-order valence-electron chi connectivity index (χ0n) is 38.5. The number of amides is 1. The molecule has 0 aromatic rings. The molecule has 356 valence electrons. The molecule has 60 heavy (non-hydrogen) atoms. The number of carbonyl (C=O) groups excluding carboxylic acids is 1. The number of phosphoric ester groups is 1. The highest BCUT2D eigenvalue weighted by Crippen LogP contribution is 2.42. The van der Waals surface area contributed by atoms with E-state index in [1.54, 1.807) is 0 Å². The summed E-state index contributed by atoms with van der Waals surface area (Å²) in [6.45, 7) is 6.62. The standard InChI is InChI=1S/C47H92NO11P/c1-4-7-10-13-16-19-21-23-26-29-32-35-42(50)48-43-45(44(59-60(53,54)55)41(39-49)58-46(43)47(51)52)57-38-36-40(34-31-28-25-22-18-15-12-9-6-3)56-37-33-30-27-24-20-17-14-11-8-5-2/h40-41,43-46,49H,4-39H2,1-3H3,(H,48,50)(H,51,52)(H2,53,54,55)/t40-,41-,43-,44-,45-,46+/m1/s1. The van der Waals surface area contributed by atoms with Gasteiger partial charge in [0.05, 0.1) is 18.8 Å². The van der Waals surface area contributed by atoms with E-state index in [4.69, 9.17) is 18.7 Å². The summed E-state index contributed by atoms with van der Waals surface area (Å²) >= 11 is 0. The summed E-state index contributed by atoms with van der Waals surface area (Å²) in [4.78, 5) is 45.5. The fourth-order valence-corrected chi connectivity index (χ4v) is 8.89. The average Bonchev–Trinajstić information content (AvgIpc) is 3.21. The number of hydrogen-bond donors (Lipinski definition) is 5. The van der Waals surface area contributed by atoms with Crippen molar-refractivity contribution in [3.8, 4) is 0 Å². The Labute approximate surface area is 366 Å². The normalized spacial score (nSPS) is 20.1. The van der Waals surface area contributed by atoms with E-state index in [1.807, 2.05) is 0 Å². The fraction of sp³-hybridized carbons (Fsp3) is 0.957. The molecule has 1 aliphatic rings. The van der Waals surface area contributed by atoms with Crippen molar-refractivity contribution in [1.82, 2.24) is 5.32 Å². The Hall–Kier alpha value is -1.11. The molecular formula is C47H92NO11P. The molecule has 5 N–H and O–H groups in total. The Morgan fingerprint density at radius 1 is 0.600 bits per heavy atom. The van der Waals surface area contributed by atoms with E-state index < -0.39 is 56.8 Å². The monoisotopic (exact) mass is 878 g/mol. The quantitative estimate of drug-likeness (QED) is 0.0290. The minimum absolute atomic E-state index is 0.0707. The molecule has 0 bridgehead atoms. The number of aliphatic carboxylic acids is 1. The maximum absolute atomic E-state index is 13.3. The molecule has 1 heterocycles. The molecule has 0 aromatic heterocycles. The number of rotatable bonds is 43. The van der Waals surface area contributed by atoms with E-state index in [0.29, 0.717) is 19.4 Å². The summed E-state index contributed by atoms with van der Waals surface area (Å²) in [6, 6.07) is -1.31. The summed E-state index contributed by atoms with van der Waals surface area (Å²) in [5.74, 6) is -1.79. The number of hydrogen-bond acceptors (Lipinski definition) is 8. The molecule has 1 aliphatic heterocycles. The van der Waals surface area contributed by atoms with Gasteiger partial charge in [0.2, 0.25) is 5.91 Å². The van der Waals surface area contributed by atoms with Crippen molar-refractivity contribution in [1.29, 1.82) is 0 Å². The van der Waals surface area contributed by atoms with Gasteiger partial charge in [-0.25, -0.2) is 9.36 Å². The number of aliphatic hydroxyl groups is 1. The summed E-state index contributed by atoms with van der Waals surface area (Å²) in [7, 11) is -5.14. The fourth-order valence-electron chi connectivity index (χ4n) is 8.32. The van der Waals surface area contributed by atoms with E-state index in [0.717, 1.165) is 51.4 Å². The largest absolute Gasteiger partial charge is 0.479 e. The highest BCUT2D eigenvalue weighted by molar-refractivity contribution is 7.46. The zero-order chi connectivity index (χ0) is 44.1. The SMILES string of the molecule is CCCCCCCCCCCCCC(=O)N[C@@H]1[C@@H](OCC[C@@H](CCCCCCCCCCC)OCCCCCCCCCCCC)[C@H](OP(=O)(O)O)[C@@H](CO)O[C@@H]1C(=O)O. The number of nitrogens with one attached hydrogen (secondary N) is 1. The Morgan fingerprint density at radius 2 is 1.03 bits per heavy atom. The molecule has 0 unspecified atom stereocenters. The maximum Gasteiger partial charge on any atom is 0.470 e. The van der Waals surface area contributed by atoms with E-state index in [-0.39, 0.29) is 19.1 Å². The van der Waals surface area contributed by atoms with E-state index >= 15 is 0 Å². The molecule has 12 nitrogen and oxygen atoms in total. The lowest BCUT2D eigenvalue weighted by Gasteiger charge is -2.44. The van der Waals surface area contributed by atoms with Crippen LogP contribution in [0.4, 0.5) is 0 Å². The first-order chi connectivity index (χ1) is 29.1. The van der Waals surface area contributed by atoms with E-state index in [9.17, 15) is 34.2 Å². The maximum atomic E-state index is 13.3. The van der Waals surface area contributed by atoms with Crippen molar-refractivity contribution in [2.24, 2.45) is 0 Å². The molecule has 0 aromatic carbocycles. The number of carboxylic acid groups (broad SMARTS) is 1. The number of carboxylic acids is 1. The second-order valence-electron chi connectivity index (χ2n) is 17.5. The van der Waals surface area contributed by atoms with Crippen LogP contribution in [0.15, 0.2) is 0 Å². The molecule has 0 aliphatic carbocycles. The molecule has 1 amide bonds. The van der Waals surface area contributed by atoms with Gasteiger partial charge in [0.15, 0.2) is 6.10 Å². The predicted molar refractivity (Wildman–Crippen MR) is 241 cm³/mol. The Bertz CT molecular complexity index is 1060. The Morgan fingerprint density at radius 3 is 1.47 bits per heavy atom. The summed E-state index contributed by atoms with van der Waals surface area (Å²) in [6.07, 6.45) is 31.1. The van der Waals surface area contributed by atoms with Gasteiger partial charge in [0.25, 0.3) is 0 Å². The van der Waals surface area contributed by atoms with Crippen molar-refractivity contribution < 1.29 is 52.9 Å². The summed E-state index contributed by atoms with van der Waals surface area (Å²) < 4.78 is 35.6. The van der Waals surface area contributed by atoms with Gasteiger partial charge in [-0.1, -0.05) is 201 Å². The first-order valence-electron chi connectivity index (χ1n) is 24.8. The summed E-state index contributed by atoms with van der Waals surface area (Å²) in [5.41, 5.74) is 0. The first kappa shape index (κ1) is 56.9. The lowest BCUT2D eigenvalue weighted by molar-refractivity contribution is -0.213. The van der Waals surface area contributed by atoms with Gasteiger partial charge in [0, 0.05) is 19.6 Å². The van der Waals surface area contributed by atoms with Crippen LogP contribution < -0.4 is 5.32 Å². The second-order valence-corrected chi connectivity index (χ2v) is 18.7. The van der Waals surface area contributed by atoms with Crippen LogP contribution in [0, 0.1) is 0 Å². The smallest absolute Gasteiger partial charge is 0.470 e. The Balaban J connectivity index is 2.89. The van der Waals surface area contributed by atoms with Crippen LogP contribution in [-0.4, -0.2) is 88.3 Å². The van der Waals surface area contributed by atoms with E-state index in [1.165, 1.54) is 141 Å². The molecule has 13 heteroatoms. The molecule has 0 saturated carbocycles. The van der Waals surface area contributed by atoms with Crippen LogP contribution in [0.1, 0.15) is 233 Å². The third-order valence-electron chi connectivity index (χ3n) is 11.9. The van der Waals surface area contributed by atoms with Gasteiger partial charge >= 0.3 is 13.8 Å². The predicted octanol–water partition coefficient (Wildman–Crippen LogP) is 11.5. The van der Waals surface area contributed by atoms with E-state index in [2.05, 4.69) is 26.1 Å². The van der Waals surface area contributed by atoms with Crippen LogP contribution in [0.5, 0.6) is 0 Å². The molecule has 0 radical (unpaired) electrons. The minimum Gasteiger partial charge on any atom is -0.479 e. The molecule has 1 fully saturated rings. The number of aliphatic hydroxyl groups excluding tert-OH is 1. The third-order valence-corrected chi connectivity index (χ3v) is 12.5. The highest BCUT2D eigenvalue weighted by Gasteiger charge is 2.52. The number of phosphoric acid groups is 1. The van der Waals surface area contributed by atoms with Crippen LogP contribution in [0.3, 0.4) is 0 Å². The molecule has 0 spiro atoms. The van der Waals surface area contributed by atoms with Crippen LogP contribution in [-0.2, 0) is 32.9 Å². The van der Waals surface area contributed by atoms with Gasteiger partial charge in [-0.05, 0) is 25.7 Å². The van der Waals surface area contributed by atoms with Crippen LogP contribution >= 0.6 is 7.82 Å². The van der Waals surface area contributed by atoms with Crippen molar-refractivity contribution in [3.05, 3.63) is 0 Å². The minimum atomic E-state index is -5.14. The van der Waals surface area contributed by atoms with Crippen molar-refractivity contribution in [2.75, 3.05) is 19.8 Å². The number of carbonyl (C=O) groups is 2. The molecule has 6 atom stereocenters. The van der Waals surface area contributed by atoms with Gasteiger partial charge in [-0.3, -0.25) is 9.32 Å². The van der Waals surface area contributed by atoms with Crippen molar-refractivity contribution in [2.45, 2.75) is 269 Å². The van der Waals surface area contributed by atoms with Gasteiger partial charge < -0.3 is 39.5 Å². The van der Waals surface area contributed by atoms with Crippen molar-refractivity contribution in [3.63, 3.8) is 0 Å². The topological polar surface area (TPSA) is 181 Å². The first-order valence-corrected chi connectivity index (χ1v) is 26.4. The zero-order valence-corrected chi connectivity index (χ0v) is 39.4. The second kappa shape index (κ2) is 38.4. The Kier molecular flexibility index (Phi) is 36.4. The molecule has 1 rings (SSSR count). The lowest BCUT2D eigenvalue weighted by atomic mass is 9.92. The average molecular weight is 878 g/mol. The third kappa shape index (κ3) is 30.1. The summed E-state index contributed by atoms with van der Waals surface area (Å²) in [5, 5.41) is 23.1. The van der Waals surface area contributed by atoms with Gasteiger partial charge in [-0.2, -0.15) is 0 Å². The van der Waals surface area contributed by atoms with Crippen molar-refractivity contribution >= 4 is 19.7 Å². The molecular weight excluding hydrogens is 785 g/mol. The molecule has 1 saturated heterocycles. The number of unbranched alkanes of at least 4 members (excludes halogenated alkanes) is 27. The van der Waals surface area contributed by atoms with Gasteiger partial charge in [-0.15, -0.1) is 0 Å². The van der Waals surface area contributed by atoms with Crippen LogP contribution in [0.2, 0.25) is 0 Å². The number of ether oxygens (including phenoxy) is 3. The lowest BCUT2D eigenvalue weighted by Crippen LogP contribution is -2.67. The van der Waals surface area contributed by atoms with Gasteiger partial charge in [0.1, 0.15) is 18.3 Å². The van der Waals surface area contributed by atoms with Crippen LogP contribution in [0.25, 0.3) is 0 Å².